The summed E-state index contributed by atoms with van der Waals surface area (Å²) in [6.07, 6.45) is 0. The van der Waals surface area contributed by atoms with Gasteiger partial charge in [-0.3, -0.25) is 14.5 Å². The number of aryl methyl sites for hydroxylation is 1. The summed E-state index contributed by atoms with van der Waals surface area (Å²) in [6.45, 7) is 2.17. The standard InChI is InChI=1S/C18H20ClN3O2/c1-13-5-3-4-6-16(13)21-18(24)12-22(2)11-17(23)20-15-9-7-14(19)8-10-15/h3-10H,11-12H2,1-2H3,(H,20,23)(H,21,24). The third kappa shape index (κ3) is 5.68. The lowest BCUT2D eigenvalue weighted by Gasteiger charge is -2.16. The van der Waals surface area contributed by atoms with Gasteiger partial charge in [-0.1, -0.05) is 29.8 Å². The summed E-state index contributed by atoms with van der Waals surface area (Å²) in [4.78, 5) is 25.7. The molecule has 0 spiro atoms. The average Bonchev–Trinajstić information content (AvgIpc) is 2.51. The van der Waals surface area contributed by atoms with Gasteiger partial charge < -0.3 is 10.6 Å². The SMILES string of the molecule is Cc1ccccc1NC(=O)CN(C)CC(=O)Nc1ccc(Cl)cc1. The highest BCUT2D eigenvalue weighted by atomic mass is 35.5. The van der Waals surface area contributed by atoms with Gasteiger partial charge in [0.1, 0.15) is 0 Å². The van der Waals surface area contributed by atoms with Crippen molar-refractivity contribution in [2.24, 2.45) is 0 Å². The first-order valence-electron chi connectivity index (χ1n) is 7.53. The number of halogens is 1. The summed E-state index contributed by atoms with van der Waals surface area (Å²) >= 11 is 5.80. The maximum atomic E-state index is 12.1. The summed E-state index contributed by atoms with van der Waals surface area (Å²) in [7, 11) is 1.72. The Balaban J connectivity index is 1.80. The van der Waals surface area contributed by atoms with Crippen LogP contribution in [0.4, 0.5) is 11.4 Å². The lowest BCUT2D eigenvalue weighted by molar-refractivity contribution is -0.119. The van der Waals surface area contributed by atoms with Crippen molar-refractivity contribution in [3.8, 4) is 0 Å². The van der Waals surface area contributed by atoms with Crippen molar-refractivity contribution in [2.45, 2.75) is 6.92 Å². The number of likely N-dealkylation sites (N-methyl/N-ethyl adjacent to an activating group) is 1. The second-order valence-electron chi connectivity index (χ2n) is 5.59. The molecule has 0 atom stereocenters. The predicted molar refractivity (Wildman–Crippen MR) is 97.4 cm³/mol. The first-order valence-corrected chi connectivity index (χ1v) is 7.91. The van der Waals surface area contributed by atoms with E-state index in [-0.39, 0.29) is 24.9 Å². The molecule has 0 bridgehead atoms. The summed E-state index contributed by atoms with van der Waals surface area (Å²) in [5, 5.41) is 6.21. The van der Waals surface area contributed by atoms with Gasteiger partial charge in [-0.25, -0.2) is 0 Å². The highest BCUT2D eigenvalue weighted by Gasteiger charge is 2.11. The highest BCUT2D eigenvalue weighted by Crippen LogP contribution is 2.14. The number of rotatable bonds is 6. The Morgan fingerprint density at radius 3 is 2.17 bits per heavy atom. The van der Waals surface area contributed by atoms with Gasteiger partial charge in [0.2, 0.25) is 11.8 Å². The van der Waals surface area contributed by atoms with E-state index in [9.17, 15) is 9.59 Å². The molecule has 2 N–H and O–H groups in total. The van der Waals surface area contributed by atoms with E-state index < -0.39 is 0 Å². The first kappa shape index (κ1) is 18.0. The molecule has 126 valence electrons. The predicted octanol–water partition coefficient (Wildman–Crippen LogP) is 3.16. The molecule has 24 heavy (non-hydrogen) atoms. The zero-order valence-electron chi connectivity index (χ0n) is 13.7. The van der Waals surface area contributed by atoms with Crippen LogP contribution in [0.25, 0.3) is 0 Å². The number of para-hydroxylation sites is 1. The first-order chi connectivity index (χ1) is 11.4. The van der Waals surface area contributed by atoms with Gasteiger partial charge in [0, 0.05) is 16.4 Å². The lowest BCUT2D eigenvalue weighted by Crippen LogP contribution is -2.36. The third-order valence-corrected chi connectivity index (χ3v) is 3.63. The number of nitrogens with one attached hydrogen (secondary N) is 2. The zero-order chi connectivity index (χ0) is 17.5. The van der Waals surface area contributed by atoms with E-state index in [4.69, 9.17) is 11.6 Å². The fraction of sp³-hybridized carbons (Fsp3) is 0.222. The number of hydrogen-bond acceptors (Lipinski definition) is 3. The summed E-state index contributed by atoms with van der Waals surface area (Å²) < 4.78 is 0. The molecule has 2 rings (SSSR count). The second-order valence-corrected chi connectivity index (χ2v) is 6.03. The Kier molecular flexibility index (Phi) is 6.35. The lowest BCUT2D eigenvalue weighted by atomic mass is 10.2. The number of benzene rings is 2. The zero-order valence-corrected chi connectivity index (χ0v) is 14.4. The molecule has 0 unspecified atom stereocenters. The van der Waals surface area contributed by atoms with E-state index in [2.05, 4.69) is 10.6 Å². The van der Waals surface area contributed by atoms with Crippen LogP contribution in [0.2, 0.25) is 5.02 Å². The Morgan fingerprint density at radius 2 is 1.54 bits per heavy atom. The molecular formula is C18H20ClN3O2. The Labute approximate surface area is 146 Å². The van der Waals surface area contributed by atoms with Crippen LogP contribution in [-0.4, -0.2) is 36.9 Å². The summed E-state index contributed by atoms with van der Waals surface area (Å²) in [5.74, 6) is -0.352. The Bertz CT molecular complexity index is 716. The molecule has 0 aliphatic heterocycles. The van der Waals surface area contributed by atoms with Crippen LogP contribution < -0.4 is 10.6 Å². The van der Waals surface area contributed by atoms with Crippen LogP contribution in [0.15, 0.2) is 48.5 Å². The number of carbonyl (C=O) groups excluding carboxylic acids is 2. The van der Waals surface area contributed by atoms with Gasteiger partial charge >= 0.3 is 0 Å². The van der Waals surface area contributed by atoms with Crippen molar-refractivity contribution >= 4 is 34.8 Å². The topological polar surface area (TPSA) is 61.4 Å². The van der Waals surface area contributed by atoms with Crippen molar-refractivity contribution in [1.29, 1.82) is 0 Å². The Hall–Kier alpha value is -2.37. The number of anilines is 2. The summed E-state index contributed by atoms with van der Waals surface area (Å²) in [5.41, 5.74) is 2.44. The molecule has 0 heterocycles. The molecule has 0 saturated heterocycles. The quantitative estimate of drug-likeness (QED) is 0.845. The van der Waals surface area contributed by atoms with Crippen LogP contribution in [-0.2, 0) is 9.59 Å². The Morgan fingerprint density at radius 1 is 0.958 bits per heavy atom. The fourth-order valence-corrected chi connectivity index (χ4v) is 2.31. The normalized spacial score (nSPS) is 10.5. The maximum absolute atomic E-state index is 12.1. The van der Waals surface area contributed by atoms with Crippen LogP contribution in [0.1, 0.15) is 5.56 Å². The molecule has 2 aromatic rings. The molecule has 6 heteroatoms. The molecule has 0 aliphatic rings. The minimum Gasteiger partial charge on any atom is -0.325 e. The fourth-order valence-electron chi connectivity index (χ4n) is 2.18. The molecule has 0 radical (unpaired) electrons. The summed E-state index contributed by atoms with van der Waals surface area (Å²) in [6, 6.07) is 14.4. The molecule has 0 aliphatic carbocycles. The molecule has 5 nitrogen and oxygen atoms in total. The van der Waals surface area contributed by atoms with E-state index >= 15 is 0 Å². The minimum absolute atomic E-state index is 0.115. The second kappa shape index (κ2) is 8.47. The van der Waals surface area contributed by atoms with Gasteiger partial charge in [0.05, 0.1) is 13.1 Å². The van der Waals surface area contributed by atoms with Crippen molar-refractivity contribution in [1.82, 2.24) is 4.90 Å². The molecule has 0 aromatic heterocycles. The highest BCUT2D eigenvalue weighted by molar-refractivity contribution is 6.30. The van der Waals surface area contributed by atoms with Gasteiger partial charge in [-0.05, 0) is 49.9 Å². The number of nitrogens with zero attached hydrogens (tertiary/aromatic N) is 1. The van der Waals surface area contributed by atoms with Crippen LogP contribution >= 0.6 is 11.6 Å². The maximum Gasteiger partial charge on any atom is 0.238 e. The van der Waals surface area contributed by atoms with E-state index in [1.807, 2.05) is 31.2 Å². The molecule has 2 aromatic carbocycles. The number of hydrogen-bond donors (Lipinski definition) is 2. The van der Waals surface area contributed by atoms with Crippen molar-refractivity contribution < 1.29 is 9.59 Å². The largest absolute Gasteiger partial charge is 0.325 e. The van der Waals surface area contributed by atoms with Crippen LogP contribution in [0, 0.1) is 6.92 Å². The van der Waals surface area contributed by atoms with Crippen molar-refractivity contribution in [3.05, 3.63) is 59.1 Å². The molecule has 0 fully saturated rings. The molecule has 2 amide bonds. The van der Waals surface area contributed by atoms with Crippen LogP contribution in [0.3, 0.4) is 0 Å². The van der Waals surface area contributed by atoms with E-state index in [0.29, 0.717) is 10.7 Å². The van der Waals surface area contributed by atoms with Gasteiger partial charge in [0.15, 0.2) is 0 Å². The smallest absolute Gasteiger partial charge is 0.238 e. The van der Waals surface area contributed by atoms with E-state index in [0.717, 1.165) is 11.3 Å². The third-order valence-electron chi connectivity index (χ3n) is 3.37. The van der Waals surface area contributed by atoms with Gasteiger partial charge in [0.25, 0.3) is 0 Å². The number of carbonyl (C=O) groups is 2. The van der Waals surface area contributed by atoms with E-state index in [1.165, 1.54) is 0 Å². The van der Waals surface area contributed by atoms with E-state index in [1.54, 1.807) is 36.2 Å². The number of amides is 2. The van der Waals surface area contributed by atoms with Crippen LogP contribution in [0.5, 0.6) is 0 Å². The molecule has 0 saturated carbocycles. The van der Waals surface area contributed by atoms with Gasteiger partial charge in [-0.2, -0.15) is 0 Å². The average molecular weight is 346 g/mol. The van der Waals surface area contributed by atoms with Crippen molar-refractivity contribution in [3.63, 3.8) is 0 Å². The monoisotopic (exact) mass is 345 g/mol. The molecular weight excluding hydrogens is 326 g/mol. The van der Waals surface area contributed by atoms with Crippen molar-refractivity contribution in [2.75, 3.05) is 30.8 Å². The minimum atomic E-state index is -0.191. The van der Waals surface area contributed by atoms with Gasteiger partial charge in [-0.15, -0.1) is 0 Å².